The van der Waals surface area contributed by atoms with E-state index in [0.717, 1.165) is 61.5 Å². The Morgan fingerprint density at radius 3 is 1.42 bits per heavy atom. The van der Waals surface area contributed by atoms with Crippen molar-refractivity contribution in [3.05, 3.63) is 106 Å². The van der Waals surface area contributed by atoms with Crippen molar-refractivity contribution in [1.82, 2.24) is 17.9 Å². The summed E-state index contributed by atoms with van der Waals surface area (Å²) in [5.41, 5.74) is 4.59. The molecule has 5 aromatic rings. The first-order chi connectivity index (χ1) is 17.7. The summed E-state index contributed by atoms with van der Waals surface area (Å²) in [4.78, 5) is 9.70. The highest BCUT2D eigenvalue weighted by atomic mass is 35.5. The third kappa shape index (κ3) is 7.51. The Labute approximate surface area is 242 Å². The van der Waals surface area contributed by atoms with Gasteiger partial charge in [-0.05, 0) is 65.9 Å². The Kier molecular flexibility index (Phi) is 11.0. The summed E-state index contributed by atoms with van der Waals surface area (Å²) in [7, 11) is 0. The summed E-state index contributed by atoms with van der Waals surface area (Å²) in [6.07, 6.45) is 3.96. The number of rotatable bonds is 10. The summed E-state index contributed by atoms with van der Waals surface area (Å²) in [5.74, 6) is 1.63. The van der Waals surface area contributed by atoms with Crippen LogP contribution in [0.5, 0.6) is 0 Å². The molecule has 5 rings (SSSR count). The van der Waals surface area contributed by atoms with Gasteiger partial charge in [0, 0.05) is 24.2 Å². The molecule has 0 fully saturated rings. The number of benzene rings is 3. The van der Waals surface area contributed by atoms with E-state index >= 15 is 0 Å². The molecule has 0 atom stereocenters. The molecule has 2 N–H and O–H groups in total. The predicted octanol–water partition coefficient (Wildman–Crippen LogP) is 6.60. The average molecular weight is 586 g/mol. The molecule has 0 bridgehead atoms. The standard InChI is InChI=1S/C28H28N6S2.2ClH/c29-27-31-25(33(35-27)18-8-14-21-10-3-1-4-11-21)23-16-7-17-24(20-23)26-32-28(30)36-34(26)19-9-15-22-12-5-2-6-13-22;;/h1-7,10-13,16-17,20,29-30H,8-9,14-15,18-19H2;2*1H. The minimum atomic E-state index is 0. The number of aromatic nitrogens is 4. The topological polar surface area (TPSA) is 83.3 Å². The van der Waals surface area contributed by atoms with Crippen molar-refractivity contribution in [2.45, 2.75) is 38.8 Å². The summed E-state index contributed by atoms with van der Waals surface area (Å²) in [5, 5.41) is 16.3. The Balaban J connectivity index is 0.00000200. The van der Waals surface area contributed by atoms with E-state index in [-0.39, 0.29) is 24.8 Å². The maximum absolute atomic E-state index is 8.15. The molecule has 2 heterocycles. The molecule has 0 unspecified atom stereocenters. The van der Waals surface area contributed by atoms with Crippen LogP contribution in [0.25, 0.3) is 22.8 Å². The van der Waals surface area contributed by atoms with Crippen LogP contribution in [-0.4, -0.2) is 17.9 Å². The largest absolute Gasteiger partial charge is 0.278 e. The van der Waals surface area contributed by atoms with Gasteiger partial charge in [0.2, 0.25) is 9.60 Å². The van der Waals surface area contributed by atoms with Gasteiger partial charge in [-0.3, -0.25) is 18.7 Å². The van der Waals surface area contributed by atoms with Gasteiger partial charge in [0.15, 0.2) is 11.6 Å². The molecule has 198 valence electrons. The van der Waals surface area contributed by atoms with E-state index in [0.29, 0.717) is 9.60 Å². The van der Waals surface area contributed by atoms with Gasteiger partial charge in [-0.2, -0.15) is 9.97 Å². The minimum Gasteiger partial charge on any atom is -0.278 e. The van der Waals surface area contributed by atoms with Crippen molar-refractivity contribution in [2.75, 3.05) is 0 Å². The van der Waals surface area contributed by atoms with Crippen molar-refractivity contribution in [2.24, 2.45) is 0 Å². The zero-order chi connectivity index (χ0) is 24.7. The molecular weight excluding hydrogens is 555 g/mol. The molecule has 2 aromatic heterocycles. The van der Waals surface area contributed by atoms with Crippen LogP contribution in [0.4, 0.5) is 0 Å². The molecule has 38 heavy (non-hydrogen) atoms. The van der Waals surface area contributed by atoms with Crippen molar-refractivity contribution in [1.29, 1.82) is 10.8 Å². The highest BCUT2D eigenvalue weighted by Gasteiger charge is 2.13. The molecule has 0 aliphatic carbocycles. The van der Waals surface area contributed by atoms with Crippen molar-refractivity contribution in [3.63, 3.8) is 0 Å². The summed E-state index contributed by atoms with van der Waals surface area (Å²) >= 11 is 2.77. The normalized spacial score (nSPS) is 10.5. The van der Waals surface area contributed by atoms with Gasteiger partial charge in [0.25, 0.3) is 0 Å². The Morgan fingerprint density at radius 2 is 1.00 bits per heavy atom. The Bertz CT molecular complexity index is 1430. The Morgan fingerprint density at radius 1 is 0.579 bits per heavy atom. The molecule has 3 aromatic carbocycles. The lowest BCUT2D eigenvalue weighted by molar-refractivity contribution is 0.683. The molecule has 0 aliphatic rings. The lowest BCUT2D eigenvalue weighted by atomic mass is 10.1. The van der Waals surface area contributed by atoms with Gasteiger partial charge in [-0.25, -0.2) is 0 Å². The van der Waals surface area contributed by atoms with Gasteiger partial charge in [-0.1, -0.05) is 78.9 Å². The number of hydrogen-bond acceptors (Lipinski definition) is 6. The van der Waals surface area contributed by atoms with E-state index in [9.17, 15) is 0 Å². The summed E-state index contributed by atoms with van der Waals surface area (Å²) in [6.45, 7) is 1.64. The van der Waals surface area contributed by atoms with E-state index in [1.165, 1.54) is 34.2 Å². The van der Waals surface area contributed by atoms with Crippen LogP contribution in [-0.2, 0) is 25.9 Å². The third-order valence-electron chi connectivity index (χ3n) is 6.00. The molecule has 10 heteroatoms. The maximum Gasteiger partial charge on any atom is 0.219 e. The highest BCUT2D eigenvalue weighted by molar-refractivity contribution is 7.03. The SMILES string of the molecule is Cl.Cl.N=c1nc(-c2cccc(-c3nc(=N)sn3CCCc3ccccc3)c2)n(CCCc2ccccc2)s1. The fourth-order valence-electron chi connectivity index (χ4n) is 4.30. The van der Waals surface area contributed by atoms with E-state index < -0.39 is 0 Å². The molecule has 0 aliphatic heterocycles. The lowest BCUT2D eigenvalue weighted by Gasteiger charge is -2.10. The van der Waals surface area contributed by atoms with Crippen LogP contribution in [0.15, 0.2) is 84.9 Å². The first kappa shape index (κ1) is 29.5. The predicted molar refractivity (Wildman–Crippen MR) is 160 cm³/mol. The molecule has 0 saturated heterocycles. The Hall–Kier alpha value is -3.04. The molecule has 0 spiro atoms. The average Bonchev–Trinajstić information content (AvgIpc) is 3.47. The van der Waals surface area contributed by atoms with E-state index in [1.807, 2.05) is 30.3 Å². The number of hydrogen-bond donors (Lipinski definition) is 2. The van der Waals surface area contributed by atoms with Crippen molar-refractivity contribution < 1.29 is 0 Å². The van der Waals surface area contributed by atoms with Gasteiger partial charge in [-0.15, -0.1) is 24.8 Å². The van der Waals surface area contributed by atoms with Gasteiger partial charge >= 0.3 is 0 Å². The first-order valence-corrected chi connectivity index (χ1v) is 13.6. The molecule has 0 amide bonds. The second-order valence-corrected chi connectivity index (χ2v) is 10.6. The summed E-state index contributed by atoms with van der Waals surface area (Å²) in [6, 6.07) is 29.2. The monoisotopic (exact) mass is 584 g/mol. The first-order valence-electron chi connectivity index (χ1n) is 12.1. The van der Waals surface area contributed by atoms with Crippen LogP contribution in [0.1, 0.15) is 24.0 Å². The van der Waals surface area contributed by atoms with Gasteiger partial charge in [0.05, 0.1) is 0 Å². The third-order valence-corrected chi connectivity index (χ3v) is 7.68. The van der Waals surface area contributed by atoms with E-state index in [4.69, 9.17) is 10.8 Å². The van der Waals surface area contributed by atoms with Crippen LogP contribution in [0, 0.1) is 10.8 Å². The van der Waals surface area contributed by atoms with Crippen LogP contribution >= 0.6 is 47.9 Å². The minimum absolute atomic E-state index is 0. The second kappa shape index (κ2) is 14.2. The smallest absolute Gasteiger partial charge is 0.219 e. The molecule has 6 nitrogen and oxygen atoms in total. The van der Waals surface area contributed by atoms with E-state index in [2.05, 4.69) is 72.5 Å². The zero-order valence-corrected chi connectivity index (χ0v) is 24.0. The number of halogens is 2. The summed E-state index contributed by atoms with van der Waals surface area (Å²) < 4.78 is 4.24. The lowest BCUT2D eigenvalue weighted by Crippen LogP contribution is -2.01. The van der Waals surface area contributed by atoms with Gasteiger partial charge < -0.3 is 0 Å². The zero-order valence-electron chi connectivity index (χ0n) is 20.7. The van der Waals surface area contributed by atoms with E-state index in [1.54, 1.807) is 0 Å². The van der Waals surface area contributed by atoms with Crippen molar-refractivity contribution >= 4 is 47.9 Å². The fraction of sp³-hybridized carbons (Fsp3) is 0.214. The number of aryl methyl sites for hydroxylation is 4. The molecular formula is C28H30Cl2N6S2. The number of nitrogens with zero attached hydrogens (tertiary/aromatic N) is 4. The highest BCUT2D eigenvalue weighted by Crippen LogP contribution is 2.26. The van der Waals surface area contributed by atoms with Crippen LogP contribution < -0.4 is 9.60 Å². The molecule has 0 radical (unpaired) electrons. The quantitative estimate of drug-likeness (QED) is 0.194. The van der Waals surface area contributed by atoms with Crippen LogP contribution in [0.2, 0.25) is 0 Å². The number of nitrogens with one attached hydrogen (secondary N) is 2. The fourth-order valence-corrected chi connectivity index (χ4v) is 5.88. The molecule has 0 saturated carbocycles. The van der Waals surface area contributed by atoms with Crippen LogP contribution in [0.3, 0.4) is 0 Å². The maximum atomic E-state index is 8.15. The second-order valence-electron chi connectivity index (χ2n) is 8.63. The van der Waals surface area contributed by atoms with Crippen molar-refractivity contribution in [3.8, 4) is 22.8 Å². The van der Waals surface area contributed by atoms with Gasteiger partial charge in [0.1, 0.15) is 0 Å².